The third-order valence-electron chi connectivity index (χ3n) is 3.81. The molecular formula is C13H24N4O. The predicted molar refractivity (Wildman–Crippen MR) is 70.1 cm³/mol. The summed E-state index contributed by atoms with van der Waals surface area (Å²) in [6.07, 6.45) is 1.87. The fourth-order valence-electron chi connectivity index (χ4n) is 2.48. The van der Waals surface area contributed by atoms with Crippen molar-refractivity contribution >= 4 is 0 Å². The largest absolute Gasteiger partial charge is 0.339 e. The minimum Gasteiger partial charge on any atom is -0.339 e. The lowest BCUT2D eigenvalue weighted by molar-refractivity contribution is 0.183. The normalized spacial score (nSPS) is 29.5. The Morgan fingerprint density at radius 1 is 1.50 bits per heavy atom. The third-order valence-corrected chi connectivity index (χ3v) is 3.81. The van der Waals surface area contributed by atoms with Gasteiger partial charge in [0.15, 0.2) is 5.82 Å². The molecule has 1 aromatic heterocycles. The number of rotatable bonds is 2. The molecule has 2 unspecified atom stereocenters. The van der Waals surface area contributed by atoms with Crippen LogP contribution in [0.2, 0.25) is 0 Å². The number of nitrogens with one attached hydrogen (secondary N) is 1. The van der Waals surface area contributed by atoms with Crippen molar-refractivity contribution in [3.05, 3.63) is 11.7 Å². The fraction of sp³-hybridized carbons (Fsp3) is 0.846. The van der Waals surface area contributed by atoms with E-state index in [0.717, 1.165) is 25.9 Å². The summed E-state index contributed by atoms with van der Waals surface area (Å²) >= 11 is 0. The van der Waals surface area contributed by atoms with Gasteiger partial charge in [-0.25, -0.2) is 0 Å². The number of hydrogen-bond donors (Lipinski definition) is 2. The minimum atomic E-state index is -0.451. The molecule has 1 aliphatic heterocycles. The number of nitrogens with two attached hydrogens (primary N) is 1. The van der Waals surface area contributed by atoms with Crippen LogP contribution in [0.25, 0.3) is 0 Å². The summed E-state index contributed by atoms with van der Waals surface area (Å²) in [5.74, 6) is 1.69. The van der Waals surface area contributed by atoms with Crippen LogP contribution < -0.4 is 11.1 Å². The molecule has 3 N–H and O–H groups in total. The van der Waals surface area contributed by atoms with E-state index in [1.807, 2.05) is 0 Å². The van der Waals surface area contributed by atoms with E-state index in [2.05, 4.69) is 43.2 Å². The Morgan fingerprint density at radius 2 is 2.22 bits per heavy atom. The molecule has 5 nitrogen and oxygen atoms in total. The van der Waals surface area contributed by atoms with Crippen LogP contribution in [0.15, 0.2) is 4.52 Å². The van der Waals surface area contributed by atoms with Crippen LogP contribution in [0, 0.1) is 5.92 Å². The lowest BCUT2D eigenvalue weighted by Crippen LogP contribution is -2.54. The van der Waals surface area contributed by atoms with Crippen molar-refractivity contribution < 1.29 is 4.52 Å². The third kappa shape index (κ3) is 2.29. The monoisotopic (exact) mass is 252 g/mol. The summed E-state index contributed by atoms with van der Waals surface area (Å²) in [6, 6.07) is 0. The summed E-state index contributed by atoms with van der Waals surface area (Å²) in [4.78, 5) is 4.54. The Hall–Kier alpha value is -0.940. The van der Waals surface area contributed by atoms with Crippen molar-refractivity contribution in [1.82, 2.24) is 15.5 Å². The zero-order valence-corrected chi connectivity index (χ0v) is 11.8. The molecule has 1 aromatic rings. The van der Waals surface area contributed by atoms with Crippen LogP contribution in [0.5, 0.6) is 0 Å². The summed E-state index contributed by atoms with van der Waals surface area (Å²) in [7, 11) is 0. The van der Waals surface area contributed by atoms with Crippen molar-refractivity contribution in [2.75, 3.05) is 13.1 Å². The highest BCUT2D eigenvalue weighted by Crippen LogP contribution is 2.33. The molecule has 0 saturated carbocycles. The van der Waals surface area contributed by atoms with Gasteiger partial charge < -0.3 is 15.6 Å². The van der Waals surface area contributed by atoms with Gasteiger partial charge >= 0.3 is 0 Å². The maximum atomic E-state index is 6.57. The lowest BCUT2D eigenvalue weighted by Gasteiger charge is -2.38. The Kier molecular flexibility index (Phi) is 3.47. The van der Waals surface area contributed by atoms with Crippen LogP contribution in [-0.2, 0) is 11.0 Å². The van der Waals surface area contributed by atoms with Crippen molar-refractivity contribution in [3.8, 4) is 0 Å². The molecule has 0 bridgehead atoms. The molecule has 0 spiro atoms. The second-order valence-electron chi connectivity index (χ2n) is 6.27. The average molecular weight is 252 g/mol. The molecule has 18 heavy (non-hydrogen) atoms. The second kappa shape index (κ2) is 4.63. The first-order chi connectivity index (χ1) is 8.38. The molecule has 2 atom stereocenters. The summed E-state index contributed by atoms with van der Waals surface area (Å²) in [6.45, 7) is 10.2. The van der Waals surface area contributed by atoms with Gasteiger partial charge in [-0.05, 0) is 25.3 Å². The summed E-state index contributed by atoms with van der Waals surface area (Å²) < 4.78 is 5.38. The van der Waals surface area contributed by atoms with Gasteiger partial charge in [0.1, 0.15) is 0 Å². The van der Waals surface area contributed by atoms with Crippen LogP contribution in [0.3, 0.4) is 0 Å². The van der Waals surface area contributed by atoms with E-state index in [-0.39, 0.29) is 5.41 Å². The number of piperidine rings is 1. The zero-order chi connectivity index (χ0) is 13.4. The van der Waals surface area contributed by atoms with E-state index < -0.39 is 5.54 Å². The van der Waals surface area contributed by atoms with Crippen molar-refractivity contribution in [1.29, 1.82) is 0 Å². The smallest absolute Gasteiger partial charge is 0.232 e. The predicted octanol–water partition coefficient (Wildman–Crippen LogP) is 1.54. The highest BCUT2D eigenvalue weighted by molar-refractivity contribution is 5.11. The topological polar surface area (TPSA) is 77.0 Å². The molecule has 2 rings (SSSR count). The molecule has 0 radical (unpaired) electrons. The Morgan fingerprint density at radius 3 is 2.78 bits per heavy atom. The average Bonchev–Trinajstić information content (AvgIpc) is 2.79. The molecule has 2 heterocycles. The van der Waals surface area contributed by atoms with Gasteiger partial charge in [0.2, 0.25) is 5.89 Å². The molecule has 0 aliphatic carbocycles. The highest BCUT2D eigenvalue weighted by atomic mass is 16.5. The Balaban J connectivity index is 2.31. The first-order valence-corrected chi connectivity index (χ1v) is 6.72. The quantitative estimate of drug-likeness (QED) is 0.835. The van der Waals surface area contributed by atoms with E-state index in [1.165, 1.54) is 0 Å². The summed E-state index contributed by atoms with van der Waals surface area (Å²) in [5, 5.41) is 7.52. The number of hydrogen-bond acceptors (Lipinski definition) is 5. The van der Waals surface area contributed by atoms with Gasteiger partial charge in [-0.1, -0.05) is 32.9 Å². The summed E-state index contributed by atoms with van der Waals surface area (Å²) in [5.41, 5.74) is 5.99. The molecule has 5 heteroatoms. The Bertz CT molecular complexity index is 409. The standard InChI is InChI=1S/C13H24N4O/c1-5-9-8-15-7-6-13(9,14)10-16-11(18-17-10)12(2,3)4/h9,15H,5-8,14H2,1-4H3. The van der Waals surface area contributed by atoms with Crippen LogP contribution in [0.1, 0.15) is 52.3 Å². The lowest BCUT2D eigenvalue weighted by atomic mass is 9.77. The highest BCUT2D eigenvalue weighted by Gasteiger charge is 2.42. The molecular weight excluding hydrogens is 228 g/mol. The SMILES string of the molecule is CCC1CNCCC1(N)c1noc(C(C)(C)C)n1. The number of nitrogens with zero attached hydrogens (tertiary/aromatic N) is 2. The molecule has 1 aliphatic rings. The van der Waals surface area contributed by atoms with E-state index in [9.17, 15) is 0 Å². The van der Waals surface area contributed by atoms with Crippen LogP contribution >= 0.6 is 0 Å². The van der Waals surface area contributed by atoms with Gasteiger partial charge in [0.05, 0.1) is 5.54 Å². The van der Waals surface area contributed by atoms with E-state index in [0.29, 0.717) is 17.6 Å². The van der Waals surface area contributed by atoms with E-state index in [4.69, 9.17) is 10.3 Å². The molecule has 0 amide bonds. The first-order valence-electron chi connectivity index (χ1n) is 6.72. The molecule has 1 saturated heterocycles. The van der Waals surface area contributed by atoms with Crippen molar-refractivity contribution in [3.63, 3.8) is 0 Å². The van der Waals surface area contributed by atoms with E-state index in [1.54, 1.807) is 0 Å². The number of aromatic nitrogens is 2. The molecule has 1 fully saturated rings. The van der Waals surface area contributed by atoms with Gasteiger partial charge in [0.25, 0.3) is 0 Å². The van der Waals surface area contributed by atoms with E-state index >= 15 is 0 Å². The first kappa shape index (κ1) is 13.5. The zero-order valence-electron chi connectivity index (χ0n) is 11.8. The Labute approximate surface area is 109 Å². The maximum Gasteiger partial charge on any atom is 0.232 e. The minimum absolute atomic E-state index is 0.129. The van der Waals surface area contributed by atoms with Gasteiger partial charge in [-0.2, -0.15) is 4.98 Å². The van der Waals surface area contributed by atoms with Crippen LogP contribution in [0.4, 0.5) is 0 Å². The van der Waals surface area contributed by atoms with Crippen molar-refractivity contribution in [2.45, 2.75) is 51.5 Å². The van der Waals surface area contributed by atoms with Crippen LogP contribution in [-0.4, -0.2) is 23.2 Å². The molecule has 102 valence electrons. The van der Waals surface area contributed by atoms with Gasteiger partial charge in [-0.15, -0.1) is 0 Å². The molecule has 0 aromatic carbocycles. The van der Waals surface area contributed by atoms with Crippen molar-refractivity contribution in [2.24, 2.45) is 11.7 Å². The van der Waals surface area contributed by atoms with Gasteiger partial charge in [-0.3, -0.25) is 0 Å². The second-order valence-corrected chi connectivity index (χ2v) is 6.27. The van der Waals surface area contributed by atoms with Gasteiger partial charge in [0, 0.05) is 12.0 Å². The maximum absolute atomic E-state index is 6.57. The fourth-order valence-corrected chi connectivity index (χ4v) is 2.48.